The van der Waals surface area contributed by atoms with Crippen molar-refractivity contribution >= 4 is 29.4 Å². The van der Waals surface area contributed by atoms with E-state index in [2.05, 4.69) is 5.32 Å². The maximum Gasteiger partial charge on any atom is 0.338 e. The zero-order chi connectivity index (χ0) is 23.4. The molecule has 0 bridgehead atoms. The smallest absolute Gasteiger partial charge is 0.338 e. The van der Waals surface area contributed by atoms with Crippen LogP contribution in [0.2, 0.25) is 0 Å². The summed E-state index contributed by atoms with van der Waals surface area (Å²) in [6.07, 6.45) is -0.295. The number of ether oxygens (including phenoxy) is 1. The van der Waals surface area contributed by atoms with E-state index >= 15 is 0 Å². The molecule has 3 aromatic rings. The van der Waals surface area contributed by atoms with Gasteiger partial charge in [0, 0.05) is 6.54 Å². The van der Waals surface area contributed by atoms with Crippen LogP contribution in [-0.4, -0.2) is 36.3 Å². The minimum absolute atomic E-state index is 0.208. The molecule has 1 aliphatic heterocycles. The highest BCUT2D eigenvalue weighted by atomic mass is 16.5. The Morgan fingerprint density at radius 3 is 2.03 bits per heavy atom. The van der Waals surface area contributed by atoms with Crippen LogP contribution in [0.1, 0.15) is 43.6 Å². The number of nitrogens with one attached hydrogen (secondary N) is 1. The van der Waals surface area contributed by atoms with Crippen LogP contribution >= 0.6 is 0 Å². The van der Waals surface area contributed by atoms with Crippen molar-refractivity contribution < 1.29 is 23.9 Å². The summed E-state index contributed by atoms with van der Waals surface area (Å²) in [6, 6.07) is 22.3. The van der Waals surface area contributed by atoms with Crippen LogP contribution in [0.25, 0.3) is 0 Å². The Balaban J connectivity index is 1.33. The topological polar surface area (TPSA) is 92.8 Å². The van der Waals surface area contributed by atoms with Gasteiger partial charge in [0.25, 0.3) is 17.7 Å². The van der Waals surface area contributed by atoms with Gasteiger partial charge < -0.3 is 10.1 Å². The SMILES string of the molecule is CC(OC(=O)c1ccc(N2C(=O)c3ccccc3C2=O)cc1)C(=O)NCCc1ccccc1. The molecule has 7 heteroatoms. The number of carbonyl (C=O) groups excluding carboxylic acids is 4. The third-order valence-corrected chi connectivity index (χ3v) is 5.36. The average Bonchev–Trinajstić information content (AvgIpc) is 3.10. The van der Waals surface area contributed by atoms with E-state index < -0.39 is 23.9 Å². The minimum atomic E-state index is -0.968. The molecule has 166 valence electrons. The summed E-state index contributed by atoms with van der Waals surface area (Å²) in [5.41, 5.74) is 2.35. The number of hydrogen-bond donors (Lipinski definition) is 1. The third kappa shape index (κ3) is 4.67. The number of amides is 3. The van der Waals surface area contributed by atoms with E-state index in [1.165, 1.54) is 31.2 Å². The summed E-state index contributed by atoms with van der Waals surface area (Å²) in [5.74, 6) is -1.88. The average molecular weight is 442 g/mol. The van der Waals surface area contributed by atoms with E-state index in [1.807, 2.05) is 30.3 Å². The van der Waals surface area contributed by atoms with Crippen molar-refractivity contribution in [3.8, 4) is 0 Å². The highest BCUT2D eigenvalue weighted by Gasteiger charge is 2.36. The first kappa shape index (κ1) is 22.0. The van der Waals surface area contributed by atoms with Gasteiger partial charge in [0.05, 0.1) is 22.4 Å². The normalized spacial score (nSPS) is 13.4. The van der Waals surface area contributed by atoms with E-state index in [9.17, 15) is 19.2 Å². The minimum Gasteiger partial charge on any atom is -0.449 e. The van der Waals surface area contributed by atoms with Gasteiger partial charge >= 0.3 is 5.97 Å². The Morgan fingerprint density at radius 2 is 1.42 bits per heavy atom. The number of imide groups is 1. The lowest BCUT2D eigenvalue weighted by molar-refractivity contribution is -0.129. The van der Waals surface area contributed by atoms with Gasteiger partial charge in [-0.15, -0.1) is 0 Å². The second-order valence-electron chi connectivity index (χ2n) is 7.61. The number of esters is 1. The van der Waals surface area contributed by atoms with Gasteiger partial charge in [-0.1, -0.05) is 42.5 Å². The predicted molar refractivity (Wildman–Crippen MR) is 122 cm³/mol. The van der Waals surface area contributed by atoms with Crippen LogP contribution in [0.15, 0.2) is 78.9 Å². The number of nitrogens with zero attached hydrogens (tertiary/aromatic N) is 1. The molecular formula is C26H22N2O5. The van der Waals surface area contributed by atoms with Crippen LogP contribution < -0.4 is 10.2 Å². The number of carbonyl (C=O) groups is 4. The summed E-state index contributed by atoms with van der Waals surface area (Å²) in [7, 11) is 0. The van der Waals surface area contributed by atoms with Crippen molar-refractivity contribution in [3.05, 3.63) is 101 Å². The first-order valence-corrected chi connectivity index (χ1v) is 10.6. The van der Waals surface area contributed by atoms with Crippen molar-refractivity contribution in [2.75, 3.05) is 11.4 Å². The van der Waals surface area contributed by atoms with Gasteiger partial charge in [0.2, 0.25) is 0 Å². The molecule has 3 aromatic carbocycles. The molecule has 1 unspecified atom stereocenters. The molecule has 0 saturated carbocycles. The lowest BCUT2D eigenvalue weighted by Crippen LogP contribution is -2.36. The fourth-order valence-corrected chi connectivity index (χ4v) is 3.57. The summed E-state index contributed by atoms with van der Waals surface area (Å²) in [5, 5.41) is 2.75. The van der Waals surface area contributed by atoms with Gasteiger partial charge in [-0.2, -0.15) is 0 Å². The highest BCUT2D eigenvalue weighted by molar-refractivity contribution is 6.34. The van der Waals surface area contributed by atoms with Crippen LogP contribution in [0.4, 0.5) is 5.69 Å². The van der Waals surface area contributed by atoms with Crippen molar-refractivity contribution in [3.63, 3.8) is 0 Å². The molecule has 0 radical (unpaired) electrons. The first-order chi connectivity index (χ1) is 16.0. The predicted octanol–water partition coefficient (Wildman–Crippen LogP) is 3.39. The summed E-state index contributed by atoms with van der Waals surface area (Å²) in [4.78, 5) is 50.9. The van der Waals surface area contributed by atoms with Gasteiger partial charge in [-0.25, -0.2) is 9.69 Å². The summed E-state index contributed by atoms with van der Waals surface area (Å²) < 4.78 is 5.26. The monoisotopic (exact) mass is 442 g/mol. The standard InChI is InChI=1S/C26H22N2O5/c1-17(23(29)27-16-15-18-7-3-2-4-8-18)33-26(32)19-11-13-20(14-12-19)28-24(30)21-9-5-6-10-22(21)25(28)31/h2-14,17H,15-16H2,1H3,(H,27,29). The van der Waals surface area contributed by atoms with Crippen molar-refractivity contribution in [2.45, 2.75) is 19.4 Å². The molecule has 7 nitrogen and oxygen atoms in total. The fourth-order valence-electron chi connectivity index (χ4n) is 3.57. The maximum atomic E-state index is 12.6. The van der Waals surface area contributed by atoms with Gasteiger partial charge in [0.1, 0.15) is 0 Å². The number of rotatable bonds is 7. The number of hydrogen-bond acceptors (Lipinski definition) is 5. The van der Waals surface area contributed by atoms with E-state index in [0.29, 0.717) is 29.8 Å². The molecule has 4 rings (SSSR count). The fraction of sp³-hybridized carbons (Fsp3) is 0.154. The Hall–Kier alpha value is -4.26. The molecular weight excluding hydrogens is 420 g/mol. The Kier molecular flexibility index (Phi) is 6.31. The molecule has 3 amide bonds. The van der Waals surface area contributed by atoms with Crippen LogP contribution in [0.3, 0.4) is 0 Å². The molecule has 0 fully saturated rings. The van der Waals surface area contributed by atoms with Crippen molar-refractivity contribution in [1.29, 1.82) is 0 Å². The van der Waals surface area contributed by atoms with E-state index in [4.69, 9.17) is 4.74 Å². The molecule has 1 N–H and O–H groups in total. The zero-order valence-corrected chi connectivity index (χ0v) is 18.0. The quantitative estimate of drug-likeness (QED) is 0.447. The van der Waals surface area contributed by atoms with Crippen LogP contribution in [0.5, 0.6) is 0 Å². The second-order valence-corrected chi connectivity index (χ2v) is 7.61. The van der Waals surface area contributed by atoms with E-state index in [0.717, 1.165) is 10.5 Å². The lowest BCUT2D eigenvalue weighted by atomic mass is 10.1. The van der Waals surface area contributed by atoms with Gasteiger partial charge in [0.15, 0.2) is 6.10 Å². The van der Waals surface area contributed by atoms with E-state index in [1.54, 1.807) is 24.3 Å². The number of anilines is 1. The summed E-state index contributed by atoms with van der Waals surface area (Å²) in [6.45, 7) is 1.93. The van der Waals surface area contributed by atoms with Crippen molar-refractivity contribution in [1.82, 2.24) is 5.32 Å². The van der Waals surface area contributed by atoms with Gasteiger partial charge in [-0.3, -0.25) is 14.4 Å². The number of fused-ring (bicyclic) bond motifs is 1. The molecule has 1 heterocycles. The molecule has 0 aliphatic carbocycles. The Morgan fingerprint density at radius 1 is 0.848 bits per heavy atom. The molecule has 33 heavy (non-hydrogen) atoms. The Labute approximate surface area is 191 Å². The van der Waals surface area contributed by atoms with Crippen LogP contribution in [-0.2, 0) is 16.0 Å². The van der Waals surface area contributed by atoms with E-state index in [-0.39, 0.29) is 11.5 Å². The molecule has 1 aliphatic rings. The maximum absolute atomic E-state index is 12.6. The molecule has 0 spiro atoms. The third-order valence-electron chi connectivity index (χ3n) is 5.36. The largest absolute Gasteiger partial charge is 0.449 e. The second kappa shape index (κ2) is 9.48. The van der Waals surface area contributed by atoms with Gasteiger partial charge in [-0.05, 0) is 55.3 Å². The molecule has 1 atom stereocenters. The molecule has 0 aromatic heterocycles. The number of benzene rings is 3. The molecule has 0 saturated heterocycles. The lowest BCUT2D eigenvalue weighted by Gasteiger charge is -2.15. The zero-order valence-electron chi connectivity index (χ0n) is 18.0. The highest BCUT2D eigenvalue weighted by Crippen LogP contribution is 2.28. The van der Waals surface area contributed by atoms with Crippen LogP contribution in [0, 0.1) is 0 Å². The van der Waals surface area contributed by atoms with Crippen molar-refractivity contribution in [2.24, 2.45) is 0 Å². The summed E-state index contributed by atoms with van der Waals surface area (Å²) >= 11 is 0. The Bertz CT molecular complexity index is 1170. The first-order valence-electron chi connectivity index (χ1n) is 10.6.